The number of rotatable bonds is 12. The number of nitrogens with zero attached hydrogens (tertiary/aromatic N) is 3. The van der Waals surface area contributed by atoms with Crippen LogP contribution in [0.25, 0.3) is 0 Å². The molecule has 6 heteroatoms. The minimum Gasteiger partial charge on any atom is -0.353 e. The zero-order chi connectivity index (χ0) is 19.4. The fraction of sp³-hybridized carbons (Fsp3) is 0.700. The molecule has 1 aromatic rings. The molecule has 0 aliphatic rings. The molecule has 148 valence electrons. The van der Waals surface area contributed by atoms with E-state index in [0.717, 1.165) is 44.3 Å². The molecule has 0 aliphatic heterocycles. The maximum atomic E-state index is 12.9. The zero-order valence-corrected chi connectivity index (χ0v) is 17.0. The van der Waals surface area contributed by atoms with E-state index in [1.165, 1.54) is 0 Å². The van der Waals surface area contributed by atoms with Crippen molar-refractivity contribution < 1.29 is 9.59 Å². The van der Waals surface area contributed by atoms with Crippen LogP contribution in [0.5, 0.6) is 0 Å². The maximum absolute atomic E-state index is 12.9. The monoisotopic (exact) mass is 364 g/mol. The van der Waals surface area contributed by atoms with Gasteiger partial charge in [-0.1, -0.05) is 33.6 Å². The number of hydrogen-bond acceptors (Lipinski definition) is 2. The lowest BCUT2D eigenvalue weighted by atomic mass is 10.2. The van der Waals surface area contributed by atoms with Gasteiger partial charge in [-0.25, -0.2) is 4.79 Å². The number of hydrogen-bond donors (Lipinski definition) is 1. The third kappa shape index (κ3) is 7.50. The van der Waals surface area contributed by atoms with Gasteiger partial charge in [0.15, 0.2) is 0 Å². The molecule has 0 saturated carbocycles. The van der Waals surface area contributed by atoms with E-state index in [0.29, 0.717) is 19.6 Å². The Kier molecular flexibility index (Phi) is 10.5. The predicted octanol–water partition coefficient (Wildman–Crippen LogP) is 3.38. The van der Waals surface area contributed by atoms with Crippen LogP contribution in [0.1, 0.15) is 58.6 Å². The number of urea groups is 1. The van der Waals surface area contributed by atoms with Gasteiger partial charge in [0.2, 0.25) is 5.91 Å². The summed E-state index contributed by atoms with van der Waals surface area (Å²) in [6.07, 6.45) is 6.81. The summed E-state index contributed by atoms with van der Waals surface area (Å²) in [5.41, 5.74) is 1.10. The second kappa shape index (κ2) is 12.4. The molecule has 0 fully saturated rings. The van der Waals surface area contributed by atoms with Crippen molar-refractivity contribution in [1.82, 2.24) is 19.7 Å². The molecule has 0 atom stereocenters. The Labute approximate surface area is 158 Å². The van der Waals surface area contributed by atoms with Crippen LogP contribution in [-0.2, 0) is 18.4 Å². The average molecular weight is 365 g/mol. The Hall–Kier alpha value is -1.98. The summed E-state index contributed by atoms with van der Waals surface area (Å²) in [4.78, 5) is 28.8. The van der Waals surface area contributed by atoms with Gasteiger partial charge in [0.1, 0.15) is 6.54 Å². The van der Waals surface area contributed by atoms with Gasteiger partial charge in [-0.2, -0.15) is 0 Å². The molecule has 0 aromatic carbocycles. The second-order valence-corrected chi connectivity index (χ2v) is 6.79. The van der Waals surface area contributed by atoms with Gasteiger partial charge in [0.05, 0.1) is 6.54 Å². The lowest BCUT2D eigenvalue weighted by Gasteiger charge is -2.28. The van der Waals surface area contributed by atoms with Gasteiger partial charge in [0, 0.05) is 38.6 Å². The van der Waals surface area contributed by atoms with Crippen molar-refractivity contribution in [2.75, 3.05) is 26.2 Å². The highest BCUT2D eigenvalue weighted by atomic mass is 16.2. The van der Waals surface area contributed by atoms with E-state index < -0.39 is 0 Å². The highest BCUT2D eigenvalue weighted by Gasteiger charge is 2.21. The Morgan fingerprint density at radius 3 is 2.35 bits per heavy atom. The number of unbranched alkanes of at least 4 members (excludes halogenated alkanes) is 2. The number of amides is 3. The molecule has 26 heavy (non-hydrogen) atoms. The van der Waals surface area contributed by atoms with E-state index in [1.807, 2.05) is 41.8 Å². The van der Waals surface area contributed by atoms with Crippen molar-refractivity contribution in [2.24, 2.45) is 7.05 Å². The van der Waals surface area contributed by atoms with E-state index in [9.17, 15) is 9.59 Å². The quantitative estimate of drug-likeness (QED) is 0.578. The highest BCUT2D eigenvalue weighted by Crippen LogP contribution is 2.08. The number of carbonyl (C=O) groups excluding carboxylic acids is 2. The minimum absolute atomic E-state index is 0.0127. The molecule has 0 saturated heterocycles. The van der Waals surface area contributed by atoms with Crippen molar-refractivity contribution >= 4 is 11.9 Å². The van der Waals surface area contributed by atoms with Gasteiger partial charge in [-0.15, -0.1) is 0 Å². The van der Waals surface area contributed by atoms with Gasteiger partial charge >= 0.3 is 6.03 Å². The first-order chi connectivity index (χ1) is 12.5. The summed E-state index contributed by atoms with van der Waals surface area (Å²) in [7, 11) is 1.99. The highest BCUT2D eigenvalue weighted by molar-refractivity contribution is 5.84. The van der Waals surface area contributed by atoms with E-state index in [2.05, 4.69) is 19.2 Å². The number of carbonyl (C=O) groups is 2. The first-order valence-electron chi connectivity index (χ1n) is 9.94. The standard InChI is InChI=1S/C20H36N4O2/c1-5-8-12-21-20(26)24(13-7-3)17-19(25)23(15-9-6-2)16-18-11-10-14-22(18)4/h10-11,14H,5-9,12-13,15-17H2,1-4H3,(H,21,26). The third-order valence-corrected chi connectivity index (χ3v) is 4.45. The van der Waals surface area contributed by atoms with Crippen LogP contribution in [-0.4, -0.2) is 52.5 Å². The van der Waals surface area contributed by atoms with Crippen LogP contribution in [0, 0.1) is 0 Å². The van der Waals surface area contributed by atoms with Crippen molar-refractivity contribution in [3.8, 4) is 0 Å². The molecule has 0 unspecified atom stereocenters. The summed E-state index contributed by atoms with van der Waals surface area (Å²) in [6.45, 7) is 8.93. The van der Waals surface area contributed by atoms with Crippen molar-refractivity contribution in [2.45, 2.75) is 59.4 Å². The van der Waals surface area contributed by atoms with Crippen molar-refractivity contribution in [3.63, 3.8) is 0 Å². The molecule has 1 aromatic heterocycles. The van der Waals surface area contributed by atoms with Crippen LogP contribution in [0.3, 0.4) is 0 Å². The SMILES string of the molecule is CCCCNC(=O)N(CCC)CC(=O)N(CCCC)Cc1cccn1C. The lowest BCUT2D eigenvalue weighted by molar-refractivity contribution is -0.132. The fourth-order valence-corrected chi connectivity index (χ4v) is 2.77. The number of nitrogens with one attached hydrogen (secondary N) is 1. The Morgan fingerprint density at radius 2 is 1.77 bits per heavy atom. The molecule has 0 bridgehead atoms. The van der Waals surface area contributed by atoms with Crippen LogP contribution in [0.2, 0.25) is 0 Å². The first kappa shape index (κ1) is 22.1. The Morgan fingerprint density at radius 1 is 1.04 bits per heavy atom. The van der Waals surface area contributed by atoms with E-state index in [4.69, 9.17) is 0 Å². The Balaban J connectivity index is 2.73. The van der Waals surface area contributed by atoms with Crippen LogP contribution in [0.4, 0.5) is 4.79 Å². The smallest absolute Gasteiger partial charge is 0.317 e. The summed E-state index contributed by atoms with van der Waals surface area (Å²) >= 11 is 0. The maximum Gasteiger partial charge on any atom is 0.317 e. The molecule has 0 spiro atoms. The van der Waals surface area contributed by atoms with Gasteiger partial charge < -0.3 is 19.7 Å². The average Bonchev–Trinajstić information content (AvgIpc) is 3.02. The first-order valence-corrected chi connectivity index (χ1v) is 9.94. The van der Waals surface area contributed by atoms with Gasteiger partial charge in [0.25, 0.3) is 0 Å². The molecular formula is C20H36N4O2. The summed E-state index contributed by atoms with van der Waals surface area (Å²) in [5, 5.41) is 2.92. The normalized spacial score (nSPS) is 10.6. The zero-order valence-electron chi connectivity index (χ0n) is 17.0. The summed E-state index contributed by atoms with van der Waals surface area (Å²) < 4.78 is 2.04. The van der Waals surface area contributed by atoms with Crippen molar-refractivity contribution in [3.05, 3.63) is 24.0 Å². The lowest BCUT2D eigenvalue weighted by Crippen LogP contribution is -2.47. The molecule has 1 N–H and O–H groups in total. The second-order valence-electron chi connectivity index (χ2n) is 6.79. The van der Waals surface area contributed by atoms with Crippen LogP contribution >= 0.6 is 0 Å². The van der Waals surface area contributed by atoms with E-state index >= 15 is 0 Å². The topological polar surface area (TPSA) is 57.6 Å². The molecule has 1 rings (SSSR count). The van der Waals surface area contributed by atoms with Gasteiger partial charge in [-0.3, -0.25) is 4.79 Å². The molecule has 0 aliphatic carbocycles. The number of aryl methyl sites for hydroxylation is 1. The van der Waals surface area contributed by atoms with E-state index in [-0.39, 0.29) is 18.5 Å². The van der Waals surface area contributed by atoms with E-state index in [1.54, 1.807) is 4.90 Å². The number of aromatic nitrogens is 1. The molecule has 1 heterocycles. The molecule has 0 radical (unpaired) electrons. The largest absolute Gasteiger partial charge is 0.353 e. The molecule has 6 nitrogen and oxygen atoms in total. The minimum atomic E-state index is -0.136. The molecule has 3 amide bonds. The fourth-order valence-electron chi connectivity index (χ4n) is 2.77. The Bertz CT molecular complexity index is 542. The summed E-state index contributed by atoms with van der Waals surface area (Å²) in [6, 6.07) is 3.89. The molecular weight excluding hydrogens is 328 g/mol. The van der Waals surface area contributed by atoms with Crippen LogP contribution < -0.4 is 5.32 Å². The van der Waals surface area contributed by atoms with Crippen LogP contribution in [0.15, 0.2) is 18.3 Å². The summed E-state index contributed by atoms with van der Waals surface area (Å²) in [5.74, 6) is 0.0127. The third-order valence-electron chi connectivity index (χ3n) is 4.45. The van der Waals surface area contributed by atoms with Gasteiger partial charge in [-0.05, 0) is 31.4 Å². The predicted molar refractivity (Wildman–Crippen MR) is 106 cm³/mol. The van der Waals surface area contributed by atoms with Crippen molar-refractivity contribution in [1.29, 1.82) is 0 Å².